The first-order valence-corrected chi connectivity index (χ1v) is 16.0. The van der Waals surface area contributed by atoms with Gasteiger partial charge in [-0.3, -0.25) is 0 Å². The maximum absolute atomic E-state index is 2.51. The van der Waals surface area contributed by atoms with Gasteiger partial charge in [0.25, 0.3) is 0 Å². The van der Waals surface area contributed by atoms with Crippen LogP contribution in [0, 0.1) is 5.92 Å². The van der Waals surface area contributed by atoms with E-state index in [9.17, 15) is 0 Å². The Morgan fingerprint density at radius 2 is 1.10 bits per heavy atom. The van der Waals surface area contributed by atoms with Gasteiger partial charge in [-0.25, -0.2) is 0 Å². The van der Waals surface area contributed by atoms with Crippen molar-refractivity contribution >= 4 is 0 Å². The van der Waals surface area contributed by atoms with Gasteiger partial charge in [-0.05, 0) is 0 Å². The fourth-order valence-electron chi connectivity index (χ4n) is 6.14. The maximum atomic E-state index is 2.51. The first-order chi connectivity index (χ1) is 15.3. The average Bonchev–Trinajstić information content (AvgIpc) is 3.26. The fourth-order valence-corrected chi connectivity index (χ4v) is 15.6. The molecule has 0 aromatic heterocycles. The monoisotopic (exact) mass is 440 g/mol. The minimum atomic E-state index is -2.49. The third kappa shape index (κ3) is 4.71. The molecule has 2 atom stereocenters. The Balaban J connectivity index is 1.61. The number of allylic oxidation sites excluding steroid dienone is 4. The van der Waals surface area contributed by atoms with Crippen LogP contribution < -0.4 is 0 Å². The summed E-state index contributed by atoms with van der Waals surface area (Å²) in [5.74, 6) is 0.794. The summed E-state index contributed by atoms with van der Waals surface area (Å²) in [7, 11) is 0. The molecule has 1 fully saturated rings. The summed E-state index contributed by atoms with van der Waals surface area (Å²) in [6, 6.07) is 34.1. The van der Waals surface area contributed by atoms with Crippen molar-refractivity contribution < 1.29 is 16.6 Å². The van der Waals surface area contributed by atoms with Gasteiger partial charge >= 0.3 is 192 Å². The molecule has 31 heavy (non-hydrogen) atoms. The molecule has 1 heteroatoms. The van der Waals surface area contributed by atoms with E-state index >= 15 is 0 Å². The van der Waals surface area contributed by atoms with Gasteiger partial charge in [0, 0.05) is 0 Å². The van der Waals surface area contributed by atoms with Crippen molar-refractivity contribution in [1.82, 2.24) is 0 Å². The van der Waals surface area contributed by atoms with Gasteiger partial charge in [-0.2, -0.15) is 0 Å². The molecular formula is C30H32Ti. The second-order valence-corrected chi connectivity index (χ2v) is 16.5. The molecule has 3 aromatic carbocycles. The van der Waals surface area contributed by atoms with Gasteiger partial charge in [0.15, 0.2) is 0 Å². The normalized spacial score (nSPS) is 20.3. The van der Waals surface area contributed by atoms with Crippen LogP contribution in [-0.4, -0.2) is 0 Å². The van der Waals surface area contributed by atoms with E-state index in [1.165, 1.54) is 33.4 Å². The summed E-state index contributed by atoms with van der Waals surface area (Å²) in [5.41, 5.74) is 6.43. The topological polar surface area (TPSA) is 0 Å². The van der Waals surface area contributed by atoms with Gasteiger partial charge in [0.1, 0.15) is 0 Å². The second-order valence-electron chi connectivity index (χ2n) is 9.51. The van der Waals surface area contributed by atoms with Crippen LogP contribution in [0.25, 0.3) is 0 Å². The molecule has 0 N–H and O–H groups in total. The third-order valence-corrected chi connectivity index (χ3v) is 16.0. The van der Waals surface area contributed by atoms with E-state index in [1.807, 2.05) is 0 Å². The molecule has 5 rings (SSSR count). The Morgan fingerprint density at radius 1 is 0.613 bits per heavy atom. The van der Waals surface area contributed by atoms with Gasteiger partial charge in [-0.1, -0.05) is 0 Å². The molecule has 0 aliphatic heterocycles. The summed E-state index contributed by atoms with van der Waals surface area (Å²) in [6.07, 6.45) is 11.3. The Labute approximate surface area is 191 Å². The van der Waals surface area contributed by atoms with Crippen molar-refractivity contribution in [1.29, 1.82) is 0 Å². The summed E-state index contributed by atoms with van der Waals surface area (Å²) < 4.78 is 4.74. The standard InChI is InChI=1S/C9H11.3C7H7.Ti/c1-2-5-9-7-3-6-8(9)4-1;3*1-7-5-3-2-4-6-7;/h1-2,4,6,9H,3,5,7H2;3*2-6H,1H2;. The number of rotatable bonds is 7. The number of hydrogen-bond acceptors (Lipinski definition) is 0. The van der Waals surface area contributed by atoms with E-state index < -0.39 is 16.6 Å². The fraction of sp³-hybridized carbons (Fsp3) is 0.267. The summed E-state index contributed by atoms with van der Waals surface area (Å²) in [5, 5.41) is 0. The average molecular weight is 440 g/mol. The van der Waals surface area contributed by atoms with Crippen LogP contribution in [0.1, 0.15) is 36.0 Å². The molecule has 156 valence electrons. The number of fused-ring (bicyclic) bond motifs is 1. The molecule has 1 saturated carbocycles. The molecule has 0 saturated heterocycles. The van der Waals surface area contributed by atoms with Crippen LogP contribution in [0.5, 0.6) is 0 Å². The Kier molecular flexibility index (Phi) is 6.39. The Hall–Kier alpha value is -2.15. The predicted octanol–water partition coefficient (Wildman–Crippen LogP) is 7.83. The van der Waals surface area contributed by atoms with Gasteiger partial charge in [0.05, 0.1) is 0 Å². The van der Waals surface area contributed by atoms with Crippen LogP contribution >= 0.6 is 0 Å². The summed E-state index contributed by atoms with van der Waals surface area (Å²) in [6.45, 7) is 0. The van der Waals surface area contributed by atoms with E-state index in [2.05, 4.69) is 109 Å². The Morgan fingerprint density at radius 3 is 1.58 bits per heavy atom. The number of hydrogen-bond donors (Lipinski definition) is 0. The first-order valence-electron chi connectivity index (χ1n) is 11.8. The molecule has 0 heterocycles. The van der Waals surface area contributed by atoms with Crippen LogP contribution in [0.3, 0.4) is 0 Å². The molecular weight excluding hydrogens is 408 g/mol. The van der Waals surface area contributed by atoms with Crippen LogP contribution in [0.2, 0.25) is 4.22 Å². The number of benzene rings is 3. The molecule has 3 aromatic rings. The van der Waals surface area contributed by atoms with E-state index in [4.69, 9.17) is 0 Å². The molecule has 0 radical (unpaired) electrons. The quantitative estimate of drug-likeness (QED) is 0.329. The zero-order valence-electron chi connectivity index (χ0n) is 18.3. The van der Waals surface area contributed by atoms with Crippen molar-refractivity contribution in [3.8, 4) is 0 Å². The van der Waals surface area contributed by atoms with Crippen LogP contribution in [0.15, 0.2) is 115 Å². The zero-order valence-corrected chi connectivity index (χ0v) is 19.9. The van der Waals surface area contributed by atoms with Crippen molar-refractivity contribution in [3.05, 3.63) is 131 Å². The molecule has 0 amide bonds. The molecule has 2 aliphatic rings. The minimum absolute atomic E-state index is 0.794. The molecule has 2 unspecified atom stereocenters. The van der Waals surface area contributed by atoms with E-state index in [0.717, 1.165) is 10.1 Å². The van der Waals surface area contributed by atoms with Crippen molar-refractivity contribution in [2.45, 2.75) is 37.7 Å². The van der Waals surface area contributed by atoms with Crippen LogP contribution in [0.4, 0.5) is 0 Å². The van der Waals surface area contributed by atoms with E-state index in [-0.39, 0.29) is 0 Å². The van der Waals surface area contributed by atoms with E-state index in [1.54, 1.807) is 22.3 Å². The van der Waals surface area contributed by atoms with Crippen LogP contribution in [-0.2, 0) is 30.8 Å². The van der Waals surface area contributed by atoms with Gasteiger partial charge in [-0.15, -0.1) is 0 Å². The molecule has 2 aliphatic carbocycles. The van der Waals surface area contributed by atoms with Gasteiger partial charge < -0.3 is 0 Å². The van der Waals surface area contributed by atoms with Crippen molar-refractivity contribution in [2.75, 3.05) is 0 Å². The molecule has 0 bridgehead atoms. The summed E-state index contributed by atoms with van der Waals surface area (Å²) >= 11 is -2.49. The first kappa shape index (κ1) is 20.7. The molecule has 0 spiro atoms. The second kappa shape index (κ2) is 9.55. The molecule has 0 nitrogen and oxygen atoms in total. The predicted molar refractivity (Wildman–Crippen MR) is 129 cm³/mol. The van der Waals surface area contributed by atoms with E-state index in [0.29, 0.717) is 0 Å². The summed E-state index contributed by atoms with van der Waals surface area (Å²) in [4.78, 5) is 0. The zero-order chi connectivity index (χ0) is 20.9. The van der Waals surface area contributed by atoms with Gasteiger partial charge in [0.2, 0.25) is 0 Å². The van der Waals surface area contributed by atoms with Crippen molar-refractivity contribution in [3.63, 3.8) is 0 Å². The SMILES string of the molecule is C1=CCC2CC[CH]([Ti]([CH2]c3ccccc3)([CH2]c3ccccc3)[CH2]c3ccccc3)C2=C1. The third-order valence-electron chi connectivity index (χ3n) is 7.46. The Bertz CT molecular complexity index is 932. The van der Waals surface area contributed by atoms with Crippen molar-refractivity contribution in [2.24, 2.45) is 5.92 Å².